The van der Waals surface area contributed by atoms with Crippen LogP contribution >= 0.6 is 0 Å². The molecule has 3 aromatic rings. The highest BCUT2D eigenvalue weighted by atomic mass is 16.6. The van der Waals surface area contributed by atoms with Gasteiger partial charge in [0.25, 0.3) is 0 Å². The van der Waals surface area contributed by atoms with Gasteiger partial charge in [0, 0.05) is 0 Å². The molecule has 1 aliphatic heterocycles. The van der Waals surface area contributed by atoms with Crippen LogP contribution in [0.2, 0.25) is 0 Å². The lowest BCUT2D eigenvalue weighted by molar-refractivity contribution is -0.212. The predicted molar refractivity (Wildman–Crippen MR) is 108 cm³/mol. The number of anilines is 1. The molecule has 0 radical (unpaired) electrons. The van der Waals surface area contributed by atoms with E-state index in [0.717, 1.165) is 5.56 Å². The molecule has 1 saturated heterocycles. The Morgan fingerprint density at radius 3 is 2.61 bits per heavy atom. The molecule has 1 fully saturated rings. The second-order valence-corrected chi connectivity index (χ2v) is 7.72. The quantitative estimate of drug-likeness (QED) is 0.350. The Balaban J connectivity index is 1.75. The van der Waals surface area contributed by atoms with Gasteiger partial charge in [0.2, 0.25) is 0 Å². The van der Waals surface area contributed by atoms with E-state index in [1.165, 1.54) is 24.1 Å². The fourth-order valence-electron chi connectivity index (χ4n) is 3.84. The van der Waals surface area contributed by atoms with Crippen molar-refractivity contribution in [3.8, 4) is 0 Å². The molecule has 6 N–H and O–H groups in total. The molecule has 0 bridgehead atoms. The third kappa shape index (κ3) is 3.87. The number of hydrogen-bond donors (Lipinski definition) is 5. The van der Waals surface area contributed by atoms with Gasteiger partial charge in [-0.15, -0.1) is 0 Å². The summed E-state index contributed by atoms with van der Waals surface area (Å²) in [4.78, 5) is 12.3. The van der Waals surface area contributed by atoms with Crippen molar-refractivity contribution < 1.29 is 29.9 Å². The summed E-state index contributed by atoms with van der Waals surface area (Å²) >= 11 is 0. The number of ether oxygens (including phenoxy) is 2. The minimum absolute atomic E-state index is 0.0712. The summed E-state index contributed by atoms with van der Waals surface area (Å²) < 4.78 is 13.2. The van der Waals surface area contributed by atoms with Gasteiger partial charge in [-0.05, 0) is 12.5 Å². The van der Waals surface area contributed by atoms with Crippen molar-refractivity contribution in [3.63, 3.8) is 0 Å². The largest absolute Gasteiger partial charge is 0.394 e. The fourth-order valence-corrected chi connectivity index (χ4v) is 3.84. The highest BCUT2D eigenvalue weighted by Crippen LogP contribution is 2.38. The van der Waals surface area contributed by atoms with Crippen LogP contribution in [0.3, 0.4) is 0 Å². The molecule has 11 nitrogen and oxygen atoms in total. The van der Waals surface area contributed by atoms with Gasteiger partial charge in [-0.1, -0.05) is 30.3 Å². The lowest BCUT2D eigenvalue weighted by Gasteiger charge is -2.38. The first-order chi connectivity index (χ1) is 14.8. The average Bonchev–Trinajstić information content (AvgIpc) is 3.17. The molecule has 4 rings (SSSR count). The van der Waals surface area contributed by atoms with Crippen LogP contribution in [0.25, 0.3) is 11.2 Å². The molecule has 11 heteroatoms. The summed E-state index contributed by atoms with van der Waals surface area (Å²) in [6.07, 6.45) is -4.16. The van der Waals surface area contributed by atoms with Crippen molar-refractivity contribution in [3.05, 3.63) is 48.5 Å². The first kappa shape index (κ1) is 21.6. The number of rotatable bonds is 5. The third-order valence-electron chi connectivity index (χ3n) is 5.51. The van der Waals surface area contributed by atoms with Gasteiger partial charge < -0.3 is 35.6 Å². The van der Waals surface area contributed by atoms with E-state index in [0.29, 0.717) is 5.52 Å². The molecular weight excluding hydrogens is 406 g/mol. The Kier molecular flexibility index (Phi) is 5.88. The topological polar surface area (TPSA) is 169 Å². The number of imidazole rings is 1. The number of nitrogen functional groups attached to an aromatic ring is 1. The first-order valence-corrected chi connectivity index (χ1v) is 9.78. The van der Waals surface area contributed by atoms with E-state index in [4.69, 9.17) is 15.2 Å². The van der Waals surface area contributed by atoms with Crippen LogP contribution in [0.5, 0.6) is 0 Å². The maximum absolute atomic E-state index is 11.5. The zero-order chi connectivity index (χ0) is 22.2. The minimum Gasteiger partial charge on any atom is -0.394 e. The third-order valence-corrected chi connectivity index (χ3v) is 5.51. The zero-order valence-electron chi connectivity index (χ0n) is 16.8. The molecule has 0 unspecified atom stereocenters. The van der Waals surface area contributed by atoms with Crippen molar-refractivity contribution in [1.29, 1.82) is 0 Å². The monoisotopic (exact) mass is 431 g/mol. The van der Waals surface area contributed by atoms with E-state index in [-0.39, 0.29) is 18.1 Å². The summed E-state index contributed by atoms with van der Waals surface area (Å²) in [5.74, 6) is 0.146. The molecule has 1 aliphatic rings. The van der Waals surface area contributed by atoms with E-state index >= 15 is 0 Å². The second-order valence-electron chi connectivity index (χ2n) is 7.72. The van der Waals surface area contributed by atoms with Crippen molar-refractivity contribution in [1.82, 2.24) is 19.5 Å². The highest BCUT2D eigenvalue weighted by molar-refractivity contribution is 5.81. The predicted octanol–water partition coefficient (Wildman–Crippen LogP) is -0.644. The summed E-state index contributed by atoms with van der Waals surface area (Å²) in [5.41, 5.74) is 5.39. The molecule has 31 heavy (non-hydrogen) atoms. The maximum atomic E-state index is 11.5. The zero-order valence-corrected chi connectivity index (χ0v) is 16.8. The number of aliphatic hydroxyl groups excluding tert-OH is 3. The van der Waals surface area contributed by atoms with E-state index < -0.39 is 42.9 Å². The van der Waals surface area contributed by atoms with Crippen LogP contribution < -0.4 is 5.73 Å². The second kappa shape index (κ2) is 8.46. The summed E-state index contributed by atoms with van der Waals surface area (Å²) in [6, 6.07) is 9.20. The summed E-state index contributed by atoms with van der Waals surface area (Å²) in [5, 5.41) is 42.7. The number of nitrogens with zero attached hydrogens (tertiary/aromatic N) is 4. The average molecular weight is 431 g/mol. The molecule has 3 heterocycles. The smallest absolute Gasteiger partial charge is 0.168 e. The van der Waals surface area contributed by atoms with Gasteiger partial charge in [0.05, 0.1) is 19.5 Å². The molecule has 0 amide bonds. The Morgan fingerprint density at radius 2 is 1.90 bits per heavy atom. The molecule has 0 saturated carbocycles. The summed E-state index contributed by atoms with van der Waals surface area (Å²) in [7, 11) is 0. The minimum atomic E-state index is -1.87. The van der Waals surface area contributed by atoms with Crippen LogP contribution in [0, 0.1) is 0 Å². The van der Waals surface area contributed by atoms with Crippen LogP contribution in [0.1, 0.15) is 18.7 Å². The van der Waals surface area contributed by atoms with Crippen LogP contribution in [0.15, 0.2) is 43.0 Å². The number of aromatic nitrogens is 4. The Bertz CT molecular complexity index is 1030. The Morgan fingerprint density at radius 1 is 1.16 bits per heavy atom. The van der Waals surface area contributed by atoms with E-state index in [1.807, 2.05) is 30.3 Å². The summed E-state index contributed by atoms with van der Waals surface area (Å²) in [6.45, 7) is 0.890. The number of aliphatic hydroxyl groups is 4. The molecule has 2 aromatic heterocycles. The normalized spacial score (nSPS) is 31.6. The van der Waals surface area contributed by atoms with E-state index in [9.17, 15) is 20.4 Å². The number of nitrogens with two attached hydrogens (primary N) is 1. The van der Waals surface area contributed by atoms with Gasteiger partial charge in [0.1, 0.15) is 41.9 Å². The van der Waals surface area contributed by atoms with Crippen molar-refractivity contribution in [2.75, 3.05) is 12.3 Å². The van der Waals surface area contributed by atoms with Crippen molar-refractivity contribution >= 4 is 17.0 Å². The van der Waals surface area contributed by atoms with E-state index in [1.54, 1.807) is 0 Å². The first-order valence-electron chi connectivity index (χ1n) is 9.78. The number of benzene rings is 1. The Hall–Kier alpha value is -2.67. The molecular formula is C20H25N5O6. The van der Waals surface area contributed by atoms with Crippen LogP contribution in [0.4, 0.5) is 5.82 Å². The lowest BCUT2D eigenvalue weighted by atomic mass is 9.90. The van der Waals surface area contributed by atoms with Crippen molar-refractivity contribution in [2.24, 2.45) is 0 Å². The molecule has 1 aromatic carbocycles. The molecule has 0 aliphatic carbocycles. The number of fused-ring (bicyclic) bond motifs is 1. The van der Waals surface area contributed by atoms with Gasteiger partial charge in [-0.25, -0.2) is 15.0 Å². The van der Waals surface area contributed by atoms with Gasteiger partial charge in [-0.2, -0.15) is 0 Å². The van der Waals surface area contributed by atoms with Gasteiger partial charge in [0.15, 0.2) is 17.7 Å². The SMILES string of the molecule is C[C@@]1(O)[C@H](OCc2ccccc2)[C@@H](O)[C@H](O)[C@@H](CO)O[C@H]1n1cnc2c(N)ncnc21. The molecule has 166 valence electrons. The van der Waals surface area contributed by atoms with Crippen molar-refractivity contribution in [2.45, 2.75) is 49.8 Å². The molecule has 0 spiro atoms. The fraction of sp³-hybridized carbons (Fsp3) is 0.450. The maximum Gasteiger partial charge on any atom is 0.168 e. The van der Waals surface area contributed by atoms with E-state index in [2.05, 4.69) is 15.0 Å². The van der Waals surface area contributed by atoms with Gasteiger partial charge >= 0.3 is 0 Å². The van der Waals surface area contributed by atoms with Crippen LogP contribution in [-0.2, 0) is 16.1 Å². The Labute approximate surface area is 177 Å². The van der Waals surface area contributed by atoms with Gasteiger partial charge in [-0.3, -0.25) is 4.57 Å². The molecule has 6 atom stereocenters. The standard InChI is InChI=1S/C20H25N5O6/c1-20(29)16(30-8-11-5-3-2-4-6-11)15(28)14(27)12(7-26)31-19(20)25-10-24-13-17(21)22-9-23-18(13)25/h2-6,9-10,12,14-16,19,26-29H,7-8H2,1H3,(H2,21,22,23)/t12-,14-,15+,16-,19-,20-/m1/s1. The number of hydrogen-bond acceptors (Lipinski definition) is 10. The van der Waals surface area contributed by atoms with Crippen LogP contribution in [-0.4, -0.2) is 76.6 Å². The lowest BCUT2D eigenvalue weighted by Crippen LogP contribution is -2.55. The highest BCUT2D eigenvalue weighted by Gasteiger charge is 2.54.